The normalized spacial score (nSPS) is 10.3. The van der Waals surface area contributed by atoms with Crippen molar-refractivity contribution in [1.82, 2.24) is 15.8 Å². The van der Waals surface area contributed by atoms with Crippen molar-refractivity contribution in [1.29, 1.82) is 0 Å². The van der Waals surface area contributed by atoms with Crippen molar-refractivity contribution in [2.45, 2.75) is 0 Å². The molecule has 8 heteroatoms. The highest BCUT2D eigenvalue weighted by Gasteiger charge is 2.16. The zero-order valence-corrected chi connectivity index (χ0v) is 13.5. The van der Waals surface area contributed by atoms with Gasteiger partial charge in [0.05, 0.1) is 5.56 Å². The van der Waals surface area contributed by atoms with E-state index in [1.54, 1.807) is 30.3 Å². The second-order valence-corrected chi connectivity index (χ2v) is 5.80. The number of carbonyl (C=O) groups excluding carboxylic acids is 2. The third-order valence-corrected chi connectivity index (χ3v) is 4.15. The van der Waals surface area contributed by atoms with Gasteiger partial charge in [-0.25, -0.2) is 9.37 Å². The molecule has 0 spiro atoms. The minimum atomic E-state index is -0.670. The maximum atomic E-state index is 13.8. The Labute approximate surface area is 145 Å². The number of aromatic hydroxyl groups is 1. The number of phenols is 1. The Morgan fingerprint density at radius 3 is 2.44 bits per heavy atom. The average Bonchev–Trinajstić information content (AvgIpc) is 3.10. The first-order valence-electron chi connectivity index (χ1n) is 7.15. The summed E-state index contributed by atoms with van der Waals surface area (Å²) in [5.74, 6) is -1.96. The van der Waals surface area contributed by atoms with Crippen LogP contribution in [0.25, 0.3) is 10.6 Å². The number of nitrogens with one attached hydrogen (secondary N) is 2. The predicted octanol–water partition coefficient (Wildman–Crippen LogP) is 2.73. The first kappa shape index (κ1) is 16.6. The molecule has 3 N–H and O–H groups in total. The van der Waals surface area contributed by atoms with Gasteiger partial charge in [0, 0.05) is 10.9 Å². The van der Waals surface area contributed by atoms with Crippen LogP contribution in [0.15, 0.2) is 53.9 Å². The minimum absolute atomic E-state index is 0.0214. The zero-order chi connectivity index (χ0) is 17.8. The van der Waals surface area contributed by atoms with Gasteiger partial charge in [0.15, 0.2) is 0 Å². The molecule has 2 aromatic carbocycles. The minimum Gasteiger partial charge on any atom is -0.507 e. The molecule has 0 unspecified atom stereocenters. The van der Waals surface area contributed by atoms with Crippen molar-refractivity contribution >= 4 is 23.2 Å². The highest BCUT2D eigenvalue weighted by atomic mass is 32.1. The van der Waals surface area contributed by atoms with Crippen LogP contribution in [-0.2, 0) is 0 Å². The van der Waals surface area contributed by atoms with Crippen LogP contribution in [-0.4, -0.2) is 21.9 Å². The first-order chi connectivity index (χ1) is 12.1. The third-order valence-electron chi connectivity index (χ3n) is 3.28. The summed E-state index contributed by atoms with van der Waals surface area (Å²) < 4.78 is 13.8. The number of amides is 2. The van der Waals surface area contributed by atoms with Gasteiger partial charge in [-0.05, 0) is 24.3 Å². The van der Waals surface area contributed by atoms with Crippen molar-refractivity contribution in [3.05, 3.63) is 71.0 Å². The average molecular weight is 357 g/mol. The number of carbonyl (C=O) groups is 2. The number of para-hydroxylation sites is 1. The number of thiazole rings is 1. The van der Waals surface area contributed by atoms with E-state index in [0.717, 1.165) is 11.3 Å². The maximum absolute atomic E-state index is 13.8. The number of hydrazine groups is 1. The van der Waals surface area contributed by atoms with E-state index < -0.39 is 17.6 Å². The summed E-state index contributed by atoms with van der Waals surface area (Å²) in [4.78, 5) is 28.1. The summed E-state index contributed by atoms with van der Waals surface area (Å²) in [7, 11) is 0. The van der Waals surface area contributed by atoms with Crippen LogP contribution < -0.4 is 10.9 Å². The largest absolute Gasteiger partial charge is 0.507 e. The lowest BCUT2D eigenvalue weighted by atomic mass is 10.2. The molecule has 3 aromatic rings. The molecule has 0 aliphatic carbocycles. The number of hydrogen-bond donors (Lipinski definition) is 3. The van der Waals surface area contributed by atoms with Crippen LogP contribution in [0.3, 0.4) is 0 Å². The number of rotatable bonds is 3. The van der Waals surface area contributed by atoms with Gasteiger partial charge in [-0.2, -0.15) is 0 Å². The second kappa shape index (κ2) is 7.10. The van der Waals surface area contributed by atoms with Crippen molar-refractivity contribution in [2.75, 3.05) is 0 Å². The smallest absolute Gasteiger partial charge is 0.289 e. The van der Waals surface area contributed by atoms with Crippen molar-refractivity contribution in [3.63, 3.8) is 0 Å². The van der Waals surface area contributed by atoms with Gasteiger partial charge in [0.25, 0.3) is 11.8 Å². The predicted molar refractivity (Wildman–Crippen MR) is 90.5 cm³/mol. The lowest BCUT2D eigenvalue weighted by Gasteiger charge is -2.07. The lowest BCUT2D eigenvalue weighted by Crippen LogP contribution is -2.41. The van der Waals surface area contributed by atoms with E-state index >= 15 is 0 Å². The van der Waals surface area contributed by atoms with Gasteiger partial charge in [0.2, 0.25) is 0 Å². The van der Waals surface area contributed by atoms with Crippen molar-refractivity contribution in [3.8, 4) is 16.3 Å². The Morgan fingerprint density at radius 1 is 1.00 bits per heavy atom. The fourth-order valence-electron chi connectivity index (χ4n) is 2.05. The topological polar surface area (TPSA) is 91.3 Å². The number of aromatic nitrogens is 1. The van der Waals surface area contributed by atoms with Gasteiger partial charge in [-0.15, -0.1) is 11.3 Å². The molecule has 0 atom stereocenters. The molecule has 0 fully saturated rings. The summed E-state index contributed by atoms with van der Waals surface area (Å²) in [6, 6.07) is 12.0. The van der Waals surface area contributed by atoms with Gasteiger partial charge in [-0.1, -0.05) is 24.3 Å². The molecule has 3 rings (SSSR count). The van der Waals surface area contributed by atoms with E-state index in [1.165, 1.54) is 23.6 Å². The molecule has 0 aliphatic heterocycles. The van der Waals surface area contributed by atoms with E-state index in [2.05, 4.69) is 15.8 Å². The lowest BCUT2D eigenvalue weighted by molar-refractivity contribution is 0.0842. The highest BCUT2D eigenvalue weighted by Crippen LogP contribution is 2.26. The molecule has 0 saturated carbocycles. The Bertz CT molecular complexity index is 942. The highest BCUT2D eigenvalue weighted by molar-refractivity contribution is 7.13. The van der Waals surface area contributed by atoms with Crippen LogP contribution in [0.1, 0.15) is 20.8 Å². The van der Waals surface area contributed by atoms with Crippen molar-refractivity contribution in [2.24, 2.45) is 0 Å². The van der Waals surface area contributed by atoms with E-state index in [-0.39, 0.29) is 17.0 Å². The number of phenolic OH excluding ortho intramolecular Hbond substituents is 1. The molecular weight excluding hydrogens is 345 g/mol. The van der Waals surface area contributed by atoms with E-state index in [1.807, 2.05) is 0 Å². The van der Waals surface area contributed by atoms with Crippen LogP contribution >= 0.6 is 11.3 Å². The van der Waals surface area contributed by atoms with Crippen LogP contribution in [0, 0.1) is 5.82 Å². The SMILES string of the molecule is O=C(NNC(=O)c1ccccc1O)c1csc(-c2ccccc2F)n1. The van der Waals surface area contributed by atoms with Crippen LogP contribution in [0.5, 0.6) is 5.75 Å². The van der Waals surface area contributed by atoms with E-state index in [4.69, 9.17) is 0 Å². The van der Waals surface area contributed by atoms with E-state index in [9.17, 15) is 19.1 Å². The molecular formula is C17H12FN3O3S. The quantitative estimate of drug-likeness (QED) is 0.629. The van der Waals surface area contributed by atoms with Gasteiger partial charge >= 0.3 is 0 Å². The standard InChI is InChI=1S/C17H12FN3O3S/c18-12-7-3-1-5-10(12)17-19-13(9-25-17)16(24)21-20-15(23)11-6-2-4-8-14(11)22/h1-9,22H,(H,20,23)(H,21,24). The Balaban J connectivity index is 1.68. The molecule has 126 valence electrons. The number of halogens is 1. The summed E-state index contributed by atoms with van der Waals surface area (Å²) in [6.45, 7) is 0. The summed E-state index contributed by atoms with van der Waals surface area (Å²) in [6.07, 6.45) is 0. The zero-order valence-electron chi connectivity index (χ0n) is 12.7. The molecule has 25 heavy (non-hydrogen) atoms. The second-order valence-electron chi connectivity index (χ2n) is 4.94. The molecule has 2 amide bonds. The van der Waals surface area contributed by atoms with Gasteiger partial charge in [-0.3, -0.25) is 20.4 Å². The Kier molecular flexibility index (Phi) is 4.71. The molecule has 6 nitrogen and oxygen atoms in total. The molecule has 1 heterocycles. The monoisotopic (exact) mass is 357 g/mol. The first-order valence-corrected chi connectivity index (χ1v) is 8.03. The number of benzene rings is 2. The molecule has 0 aliphatic rings. The summed E-state index contributed by atoms with van der Waals surface area (Å²) in [5, 5.41) is 11.4. The molecule has 0 bridgehead atoms. The van der Waals surface area contributed by atoms with Crippen LogP contribution in [0.2, 0.25) is 0 Å². The van der Waals surface area contributed by atoms with Gasteiger partial charge < -0.3 is 5.11 Å². The molecule has 1 aromatic heterocycles. The fourth-order valence-corrected chi connectivity index (χ4v) is 2.87. The van der Waals surface area contributed by atoms with E-state index in [0.29, 0.717) is 10.6 Å². The number of nitrogens with zero attached hydrogens (tertiary/aromatic N) is 1. The van der Waals surface area contributed by atoms with Crippen LogP contribution in [0.4, 0.5) is 4.39 Å². The summed E-state index contributed by atoms with van der Waals surface area (Å²) in [5.41, 5.74) is 4.76. The van der Waals surface area contributed by atoms with Crippen molar-refractivity contribution < 1.29 is 19.1 Å². The maximum Gasteiger partial charge on any atom is 0.289 e. The molecule has 0 saturated heterocycles. The number of hydrogen-bond acceptors (Lipinski definition) is 5. The Hall–Kier alpha value is -3.26. The summed E-state index contributed by atoms with van der Waals surface area (Å²) >= 11 is 1.11. The van der Waals surface area contributed by atoms with Gasteiger partial charge in [0.1, 0.15) is 22.3 Å². The third kappa shape index (κ3) is 3.64. The Morgan fingerprint density at radius 2 is 1.68 bits per heavy atom. The molecule has 0 radical (unpaired) electrons. The fraction of sp³-hybridized carbons (Fsp3) is 0.